The van der Waals surface area contributed by atoms with Gasteiger partial charge in [0.2, 0.25) is 0 Å². The maximum absolute atomic E-state index is 11.8. The van der Waals surface area contributed by atoms with Crippen molar-refractivity contribution < 1.29 is 14.3 Å². The Kier molecular flexibility index (Phi) is 3.18. The highest BCUT2D eigenvalue weighted by Crippen LogP contribution is 2.71. The third-order valence-corrected chi connectivity index (χ3v) is 6.63. The normalized spacial score (nSPS) is 50.5. The molecule has 0 N–H and O–H groups in total. The topological polar surface area (TPSA) is 43.4 Å². The SMILES string of the molecule is C[Si](C)(C)C.O=C1OC(=O)C2C3CC(C12)C1C2CCC(C2)C31. The van der Waals surface area contributed by atoms with E-state index in [1.165, 1.54) is 19.3 Å². The molecule has 0 radical (unpaired) electrons. The Morgan fingerprint density at radius 1 is 0.818 bits per heavy atom. The highest BCUT2D eigenvalue weighted by Gasteiger charge is 2.71. The van der Waals surface area contributed by atoms with Gasteiger partial charge >= 0.3 is 11.9 Å². The molecule has 4 heteroatoms. The second kappa shape index (κ2) is 4.68. The Balaban J connectivity index is 0.000000222. The van der Waals surface area contributed by atoms with Gasteiger partial charge in [-0.25, -0.2) is 0 Å². The largest absolute Gasteiger partial charge is 0.393 e. The number of fused-ring (bicyclic) bond motifs is 12. The predicted octanol–water partition coefficient (Wildman–Crippen LogP) is 3.57. The summed E-state index contributed by atoms with van der Waals surface area (Å²) < 4.78 is 4.89. The quantitative estimate of drug-likeness (QED) is 0.297. The lowest BCUT2D eigenvalue weighted by Gasteiger charge is -2.38. The molecular weight excluding hydrogens is 292 g/mol. The molecule has 1 heterocycles. The molecule has 0 aromatic heterocycles. The van der Waals surface area contributed by atoms with E-state index in [0.29, 0.717) is 11.8 Å². The lowest BCUT2D eigenvalue weighted by Crippen LogP contribution is -2.39. The summed E-state index contributed by atoms with van der Waals surface area (Å²) in [6.07, 6.45) is 5.26. The highest BCUT2D eigenvalue weighted by molar-refractivity contribution is 6.74. The molecule has 0 spiro atoms. The van der Waals surface area contributed by atoms with Gasteiger partial charge in [-0.1, -0.05) is 26.2 Å². The molecule has 1 saturated heterocycles. The van der Waals surface area contributed by atoms with Gasteiger partial charge in [0.15, 0.2) is 0 Å². The third-order valence-electron chi connectivity index (χ3n) is 6.63. The summed E-state index contributed by atoms with van der Waals surface area (Å²) in [5, 5.41) is 0. The van der Waals surface area contributed by atoms with Gasteiger partial charge in [0.1, 0.15) is 0 Å². The Morgan fingerprint density at radius 2 is 1.23 bits per heavy atom. The number of hydrogen-bond acceptors (Lipinski definition) is 3. The molecule has 0 aromatic carbocycles. The van der Waals surface area contributed by atoms with Gasteiger partial charge in [-0.2, -0.15) is 0 Å². The van der Waals surface area contributed by atoms with Crippen LogP contribution in [0.15, 0.2) is 0 Å². The van der Waals surface area contributed by atoms with Crippen LogP contribution in [0.4, 0.5) is 0 Å². The van der Waals surface area contributed by atoms with Crippen molar-refractivity contribution in [3.63, 3.8) is 0 Å². The van der Waals surface area contributed by atoms with Crippen molar-refractivity contribution in [2.24, 2.45) is 47.3 Å². The zero-order valence-electron chi connectivity index (χ0n) is 14.2. The van der Waals surface area contributed by atoms with Crippen LogP contribution >= 0.6 is 0 Å². The number of cyclic esters (lactones) is 2. The van der Waals surface area contributed by atoms with E-state index in [2.05, 4.69) is 26.2 Å². The molecule has 0 amide bonds. The Hall–Kier alpha value is -0.643. The van der Waals surface area contributed by atoms with Gasteiger partial charge in [-0.05, 0) is 61.2 Å². The number of ether oxygens (including phenoxy) is 1. The number of carbonyl (C=O) groups excluding carboxylic acids is 2. The van der Waals surface area contributed by atoms with Crippen LogP contribution in [0.5, 0.6) is 0 Å². The van der Waals surface area contributed by atoms with Gasteiger partial charge in [0.05, 0.1) is 11.8 Å². The number of carbonyl (C=O) groups is 2. The van der Waals surface area contributed by atoms with E-state index in [-0.39, 0.29) is 23.8 Å². The fourth-order valence-electron chi connectivity index (χ4n) is 6.46. The summed E-state index contributed by atoms with van der Waals surface area (Å²) in [5.41, 5.74) is 0. The predicted molar refractivity (Wildman–Crippen MR) is 86.7 cm³/mol. The van der Waals surface area contributed by atoms with Crippen LogP contribution < -0.4 is 0 Å². The van der Waals surface area contributed by atoms with E-state index in [4.69, 9.17) is 4.74 Å². The van der Waals surface area contributed by atoms with Crippen LogP contribution in [0.3, 0.4) is 0 Å². The Bertz CT molecular complexity index is 479. The first-order valence-electron chi connectivity index (χ1n) is 9.01. The lowest BCUT2D eigenvalue weighted by molar-refractivity contribution is -0.154. The molecule has 4 bridgehead atoms. The van der Waals surface area contributed by atoms with E-state index >= 15 is 0 Å². The third kappa shape index (κ3) is 2.05. The molecule has 3 nitrogen and oxygen atoms in total. The van der Waals surface area contributed by atoms with Gasteiger partial charge in [0, 0.05) is 8.07 Å². The van der Waals surface area contributed by atoms with Gasteiger partial charge < -0.3 is 4.74 Å². The van der Waals surface area contributed by atoms with Crippen molar-refractivity contribution in [3.05, 3.63) is 0 Å². The van der Waals surface area contributed by atoms with E-state index in [9.17, 15) is 9.59 Å². The van der Waals surface area contributed by atoms with Crippen LogP contribution in [0.1, 0.15) is 25.7 Å². The summed E-state index contributed by atoms with van der Waals surface area (Å²) in [6, 6.07) is 0. The number of esters is 2. The minimum Gasteiger partial charge on any atom is -0.393 e. The van der Waals surface area contributed by atoms with Gasteiger partial charge in [-0.15, -0.1) is 0 Å². The van der Waals surface area contributed by atoms with E-state index < -0.39 is 8.07 Å². The summed E-state index contributed by atoms with van der Waals surface area (Å²) >= 11 is 0. The smallest absolute Gasteiger partial charge is 0.317 e. The van der Waals surface area contributed by atoms with E-state index in [0.717, 1.165) is 30.1 Å². The highest BCUT2D eigenvalue weighted by atomic mass is 28.3. The van der Waals surface area contributed by atoms with Crippen molar-refractivity contribution >= 4 is 20.0 Å². The van der Waals surface area contributed by atoms with Crippen molar-refractivity contribution in [2.45, 2.75) is 51.9 Å². The van der Waals surface area contributed by atoms with Crippen LogP contribution in [0.2, 0.25) is 26.2 Å². The molecule has 5 aliphatic rings. The van der Waals surface area contributed by atoms with Crippen LogP contribution in [0.25, 0.3) is 0 Å². The second-order valence-electron chi connectivity index (χ2n) is 9.84. The maximum Gasteiger partial charge on any atom is 0.317 e. The molecule has 122 valence electrons. The molecule has 8 atom stereocenters. The summed E-state index contributed by atoms with van der Waals surface area (Å²) in [4.78, 5) is 23.6. The number of hydrogen-bond donors (Lipinski definition) is 0. The van der Waals surface area contributed by atoms with Crippen molar-refractivity contribution in [3.8, 4) is 0 Å². The zero-order valence-corrected chi connectivity index (χ0v) is 15.2. The Morgan fingerprint density at radius 3 is 1.64 bits per heavy atom. The van der Waals surface area contributed by atoms with Gasteiger partial charge in [-0.3, -0.25) is 9.59 Å². The van der Waals surface area contributed by atoms with Crippen molar-refractivity contribution in [1.82, 2.24) is 0 Å². The van der Waals surface area contributed by atoms with Crippen LogP contribution in [-0.2, 0) is 14.3 Å². The number of rotatable bonds is 0. The first-order valence-corrected chi connectivity index (χ1v) is 13.0. The standard InChI is InChI=1S/C14H16O3.C4H12Si/c15-13-11-7-4-8(12(11)14(16)17-13)10-6-2-1-5(3-6)9(7)10;1-5(2,3)4/h5-12H,1-4H2;1-4H3. The molecule has 5 fully saturated rings. The fraction of sp³-hybridized carbons (Fsp3) is 0.889. The summed E-state index contributed by atoms with van der Waals surface area (Å²) in [6.45, 7) is 9.31. The molecule has 4 aliphatic carbocycles. The molecule has 8 unspecified atom stereocenters. The van der Waals surface area contributed by atoms with E-state index in [1.54, 1.807) is 0 Å². The molecule has 0 aromatic rings. The first kappa shape index (κ1) is 14.9. The molecule has 4 saturated carbocycles. The second-order valence-corrected chi connectivity index (χ2v) is 15.8. The van der Waals surface area contributed by atoms with Crippen molar-refractivity contribution in [1.29, 1.82) is 0 Å². The minimum absolute atomic E-state index is 0.0481. The zero-order chi connectivity index (χ0) is 15.8. The summed E-state index contributed by atoms with van der Waals surface area (Å²) in [7, 11) is -0.611. The van der Waals surface area contributed by atoms with Crippen LogP contribution in [-0.4, -0.2) is 20.0 Å². The molecular formula is C18H28O3Si. The van der Waals surface area contributed by atoms with Crippen LogP contribution in [0, 0.1) is 47.3 Å². The summed E-state index contributed by atoms with van der Waals surface area (Å²) in [5.74, 6) is 3.74. The maximum atomic E-state index is 11.8. The van der Waals surface area contributed by atoms with Crippen molar-refractivity contribution in [2.75, 3.05) is 0 Å². The average molecular weight is 321 g/mol. The average Bonchev–Trinajstić information content (AvgIpc) is 3.12. The monoisotopic (exact) mass is 320 g/mol. The molecule has 1 aliphatic heterocycles. The van der Waals surface area contributed by atoms with E-state index in [1.807, 2.05) is 0 Å². The fourth-order valence-corrected chi connectivity index (χ4v) is 6.46. The molecule has 5 rings (SSSR count). The lowest BCUT2D eigenvalue weighted by atomic mass is 9.64. The molecule has 22 heavy (non-hydrogen) atoms. The first-order chi connectivity index (χ1) is 10.3. The Labute approximate surface area is 134 Å². The van der Waals surface area contributed by atoms with Gasteiger partial charge in [0.25, 0.3) is 0 Å². The minimum atomic E-state index is -0.611.